The van der Waals surface area contributed by atoms with Crippen molar-refractivity contribution in [2.24, 2.45) is 0 Å². The first-order chi connectivity index (χ1) is 21.6. The van der Waals surface area contributed by atoms with Crippen LogP contribution in [0.5, 0.6) is 0 Å². The number of carboxylic acid groups (broad SMARTS) is 1. The number of benzene rings is 2. The van der Waals surface area contributed by atoms with Crippen LogP contribution in [0.15, 0.2) is 95.4 Å². The molecule has 0 saturated carbocycles. The fourth-order valence-corrected chi connectivity index (χ4v) is 7.60. The average molecular weight is 607 g/mol. The minimum atomic E-state index is -0.711. The first-order valence-corrected chi connectivity index (χ1v) is 17.0. The second-order valence-electron chi connectivity index (χ2n) is 13.6. The summed E-state index contributed by atoms with van der Waals surface area (Å²) in [6.45, 7) is 16.5. The van der Waals surface area contributed by atoms with Crippen molar-refractivity contribution in [1.82, 2.24) is 5.32 Å². The lowest BCUT2D eigenvalue weighted by atomic mass is 9.81. The molecule has 0 fully saturated rings. The van der Waals surface area contributed by atoms with Crippen molar-refractivity contribution in [2.75, 3.05) is 24.5 Å². The van der Waals surface area contributed by atoms with Gasteiger partial charge < -0.3 is 15.3 Å². The molecule has 3 aliphatic rings. The second kappa shape index (κ2) is 13.6. The van der Waals surface area contributed by atoms with Crippen LogP contribution in [0.3, 0.4) is 0 Å². The van der Waals surface area contributed by atoms with Crippen LogP contribution >= 0.6 is 0 Å². The summed E-state index contributed by atoms with van der Waals surface area (Å²) in [5.41, 5.74) is 11.9. The van der Waals surface area contributed by atoms with E-state index in [1.165, 1.54) is 50.8 Å². The molecular formula is C40H52N3O2+. The standard InChI is InChI=1S/C40H51N3O2/c1-7-42-33-21-13-11-19-31(33)39(3,4)35(42)26-24-29-17-16-18-30(38(29)41-28-15-9-10-23-37(44)45)25-27-36-40(5,6)32-20-12-14-22-34(32)43(36)8-2/h11-14,19-22,24-27H,7-10,15-18,23,28H2,1-6H3,(H,44,45)/p+1/b29-24+,35-26+. The highest BCUT2D eigenvalue weighted by molar-refractivity contribution is 6.03. The molecule has 0 atom stereocenters. The predicted octanol–water partition coefficient (Wildman–Crippen LogP) is 8.94. The second-order valence-corrected chi connectivity index (χ2v) is 13.6. The highest BCUT2D eigenvalue weighted by Crippen LogP contribution is 2.47. The highest BCUT2D eigenvalue weighted by Gasteiger charge is 2.43. The molecule has 0 spiro atoms. The van der Waals surface area contributed by atoms with Gasteiger partial charge in [-0.3, -0.25) is 4.79 Å². The summed E-state index contributed by atoms with van der Waals surface area (Å²) in [6, 6.07) is 17.6. The van der Waals surface area contributed by atoms with Gasteiger partial charge in [0.15, 0.2) is 5.71 Å². The van der Waals surface area contributed by atoms with E-state index in [4.69, 9.17) is 5.11 Å². The van der Waals surface area contributed by atoms with Gasteiger partial charge in [0.2, 0.25) is 5.69 Å². The maximum absolute atomic E-state index is 11.0. The number of hydrogen-bond acceptors (Lipinski definition) is 3. The van der Waals surface area contributed by atoms with Crippen molar-refractivity contribution in [3.63, 3.8) is 0 Å². The molecule has 2 heterocycles. The molecule has 0 amide bonds. The van der Waals surface area contributed by atoms with Gasteiger partial charge in [-0.2, -0.15) is 4.58 Å². The number of unbranched alkanes of at least 4 members (excludes halogenated alkanes) is 2. The SMILES string of the molecule is CCN1/C(=C/C=C2\CCCC(/C=C/C3=[N+](CC)c4ccccc4C3(C)C)=C2NCCCCCC(=O)O)C(C)(C)c2ccccc21. The Morgan fingerprint density at radius 2 is 1.64 bits per heavy atom. The molecule has 2 aromatic rings. The van der Waals surface area contributed by atoms with E-state index >= 15 is 0 Å². The van der Waals surface area contributed by atoms with Crippen molar-refractivity contribution < 1.29 is 14.5 Å². The molecule has 5 heteroatoms. The quantitative estimate of drug-likeness (QED) is 0.187. The van der Waals surface area contributed by atoms with Gasteiger partial charge in [0.05, 0.1) is 5.41 Å². The Morgan fingerprint density at radius 3 is 2.38 bits per heavy atom. The van der Waals surface area contributed by atoms with Crippen LogP contribution in [0.4, 0.5) is 11.4 Å². The summed E-state index contributed by atoms with van der Waals surface area (Å²) in [5, 5.41) is 12.9. The van der Waals surface area contributed by atoms with Gasteiger partial charge in [0.1, 0.15) is 6.54 Å². The average Bonchev–Trinajstić information content (AvgIpc) is 3.38. The molecule has 238 valence electrons. The number of likely N-dealkylation sites (N-methyl/N-ethyl adjacent to an activating group) is 1. The number of carboxylic acids is 1. The Hall–Kier alpha value is -3.86. The maximum Gasteiger partial charge on any atom is 0.303 e. The molecule has 0 radical (unpaired) electrons. The highest BCUT2D eigenvalue weighted by atomic mass is 16.4. The molecule has 0 aromatic heterocycles. The molecule has 2 N–H and O–H groups in total. The molecule has 5 nitrogen and oxygen atoms in total. The number of nitrogens with one attached hydrogen (secondary N) is 1. The maximum atomic E-state index is 11.0. The monoisotopic (exact) mass is 606 g/mol. The van der Waals surface area contributed by atoms with Crippen molar-refractivity contribution in [3.8, 4) is 0 Å². The van der Waals surface area contributed by atoms with Crippen LogP contribution in [-0.2, 0) is 15.6 Å². The van der Waals surface area contributed by atoms with Crippen molar-refractivity contribution in [2.45, 2.75) is 97.3 Å². The Morgan fingerprint density at radius 1 is 0.911 bits per heavy atom. The number of allylic oxidation sites excluding steroid dienone is 7. The Balaban J connectivity index is 1.50. The van der Waals surface area contributed by atoms with E-state index in [0.717, 1.165) is 58.2 Å². The van der Waals surface area contributed by atoms with Gasteiger partial charge in [-0.15, -0.1) is 0 Å². The zero-order valence-electron chi connectivity index (χ0n) is 28.2. The number of carbonyl (C=O) groups is 1. The van der Waals surface area contributed by atoms with Crippen LogP contribution in [0.1, 0.15) is 97.6 Å². The Kier molecular flexibility index (Phi) is 9.86. The molecule has 2 aliphatic heterocycles. The van der Waals surface area contributed by atoms with Crippen molar-refractivity contribution in [1.29, 1.82) is 0 Å². The van der Waals surface area contributed by atoms with Gasteiger partial charge in [0, 0.05) is 59.7 Å². The topological polar surface area (TPSA) is 55.6 Å². The molecule has 0 unspecified atom stereocenters. The molecule has 5 rings (SSSR count). The number of anilines is 1. The summed E-state index contributed by atoms with van der Waals surface area (Å²) < 4.78 is 2.46. The molecule has 1 aliphatic carbocycles. The zero-order valence-corrected chi connectivity index (χ0v) is 28.2. The van der Waals surface area contributed by atoms with Crippen LogP contribution in [0, 0.1) is 0 Å². The number of rotatable bonds is 12. The Bertz CT molecular complexity index is 1580. The van der Waals surface area contributed by atoms with Crippen LogP contribution < -0.4 is 10.2 Å². The lowest BCUT2D eigenvalue weighted by molar-refractivity contribution is -0.433. The lowest BCUT2D eigenvalue weighted by Crippen LogP contribution is -2.28. The molecular weight excluding hydrogens is 554 g/mol. The molecule has 2 aromatic carbocycles. The first kappa shape index (κ1) is 32.5. The largest absolute Gasteiger partial charge is 0.481 e. The van der Waals surface area contributed by atoms with Crippen LogP contribution in [0.25, 0.3) is 0 Å². The van der Waals surface area contributed by atoms with Gasteiger partial charge in [-0.25, -0.2) is 0 Å². The number of aliphatic carboxylic acids is 1. The first-order valence-electron chi connectivity index (χ1n) is 17.0. The number of hydrogen-bond donors (Lipinski definition) is 2. The fraction of sp³-hybridized carbons (Fsp3) is 0.450. The van der Waals surface area contributed by atoms with Crippen molar-refractivity contribution in [3.05, 3.63) is 107 Å². The third-order valence-corrected chi connectivity index (χ3v) is 10.0. The van der Waals surface area contributed by atoms with Crippen molar-refractivity contribution >= 4 is 23.1 Å². The zero-order chi connectivity index (χ0) is 32.2. The molecule has 0 saturated heterocycles. The number of para-hydroxylation sites is 2. The normalized spacial score (nSPS) is 20.4. The molecule has 45 heavy (non-hydrogen) atoms. The van der Waals surface area contributed by atoms with Gasteiger partial charge >= 0.3 is 5.97 Å². The van der Waals surface area contributed by atoms with Crippen LogP contribution in [0.2, 0.25) is 0 Å². The fourth-order valence-electron chi connectivity index (χ4n) is 7.60. The van der Waals surface area contributed by atoms with Crippen LogP contribution in [-0.4, -0.2) is 41.0 Å². The van der Waals surface area contributed by atoms with Gasteiger partial charge in [0.25, 0.3) is 0 Å². The molecule has 0 bridgehead atoms. The van der Waals surface area contributed by atoms with E-state index in [1.807, 2.05) is 0 Å². The summed E-state index contributed by atoms with van der Waals surface area (Å²) >= 11 is 0. The predicted molar refractivity (Wildman–Crippen MR) is 188 cm³/mol. The third kappa shape index (κ3) is 6.45. The van der Waals surface area contributed by atoms with E-state index in [1.54, 1.807) is 0 Å². The van der Waals surface area contributed by atoms with E-state index in [9.17, 15) is 4.79 Å². The summed E-state index contributed by atoms with van der Waals surface area (Å²) in [6.07, 6.45) is 15.5. The third-order valence-electron chi connectivity index (χ3n) is 10.0. The lowest BCUT2D eigenvalue weighted by Gasteiger charge is -2.27. The minimum Gasteiger partial charge on any atom is -0.481 e. The number of fused-ring (bicyclic) bond motifs is 2. The van der Waals surface area contributed by atoms with E-state index < -0.39 is 5.97 Å². The Labute approximate surface area is 270 Å². The minimum absolute atomic E-state index is 0.0637. The summed E-state index contributed by atoms with van der Waals surface area (Å²) in [5.74, 6) is -0.711. The smallest absolute Gasteiger partial charge is 0.303 e. The summed E-state index contributed by atoms with van der Waals surface area (Å²) in [7, 11) is 0. The van der Waals surface area contributed by atoms with E-state index in [0.29, 0.717) is 0 Å². The number of nitrogens with zero attached hydrogens (tertiary/aromatic N) is 2. The van der Waals surface area contributed by atoms with E-state index in [-0.39, 0.29) is 17.3 Å². The van der Waals surface area contributed by atoms with Gasteiger partial charge in [-0.1, -0.05) is 68.8 Å². The summed E-state index contributed by atoms with van der Waals surface area (Å²) in [4.78, 5) is 13.5. The van der Waals surface area contributed by atoms with E-state index in [2.05, 4.69) is 129 Å². The van der Waals surface area contributed by atoms with Gasteiger partial charge in [-0.05, 0) is 88.7 Å².